The van der Waals surface area contributed by atoms with E-state index in [1.165, 1.54) is 0 Å². The van der Waals surface area contributed by atoms with E-state index in [9.17, 15) is 19.2 Å². The Bertz CT molecular complexity index is 1450. The highest BCUT2D eigenvalue weighted by atomic mass is 35.5. The summed E-state index contributed by atoms with van der Waals surface area (Å²) in [6, 6.07) is 2.29. The zero-order valence-electron chi connectivity index (χ0n) is 26.6. The largest absolute Gasteiger partial charge is 0.461 e. The Kier molecular flexibility index (Phi) is 13.6. The first-order valence-electron chi connectivity index (χ1n) is 15.9. The standard InChI is InChI=1S/C34H36Cl6O8/c1-3-9-33(11-5-6-12-33)17-45-29(41)23-25(39)19(35)15-21(37)27(23)47-31(43)32(44)48-28-22(38)16-20(36)26(40)24(28)30(42)46-18-34(10-4-2)13-7-8-14-34/h15-16H,3-14,17-18H2,1-2H3. The summed E-state index contributed by atoms with van der Waals surface area (Å²) in [6.07, 6.45) is 11.2. The van der Waals surface area contributed by atoms with Crippen molar-refractivity contribution in [3.8, 4) is 11.5 Å². The number of carbonyl (C=O) groups is 4. The molecule has 2 saturated carbocycles. The zero-order chi connectivity index (χ0) is 35.2. The second-order valence-electron chi connectivity index (χ2n) is 12.6. The van der Waals surface area contributed by atoms with Crippen molar-refractivity contribution >= 4 is 93.5 Å². The van der Waals surface area contributed by atoms with Gasteiger partial charge < -0.3 is 18.9 Å². The molecular weight excluding hydrogens is 749 g/mol. The maximum atomic E-state index is 13.4. The fourth-order valence-corrected chi connectivity index (χ4v) is 8.25. The van der Waals surface area contributed by atoms with Crippen molar-refractivity contribution in [2.75, 3.05) is 13.2 Å². The van der Waals surface area contributed by atoms with Gasteiger partial charge in [0.2, 0.25) is 0 Å². The molecule has 0 amide bonds. The van der Waals surface area contributed by atoms with Gasteiger partial charge in [-0.1, -0.05) is 122 Å². The van der Waals surface area contributed by atoms with Crippen molar-refractivity contribution in [2.45, 2.75) is 90.9 Å². The van der Waals surface area contributed by atoms with Crippen LogP contribution in [0.5, 0.6) is 11.5 Å². The molecule has 262 valence electrons. The highest BCUT2D eigenvalue weighted by Gasteiger charge is 2.38. The molecule has 48 heavy (non-hydrogen) atoms. The van der Waals surface area contributed by atoms with Crippen LogP contribution in [-0.4, -0.2) is 37.1 Å². The Labute approximate surface area is 309 Å². The van der Waals surface area contributed by atoms with E-state index in [1.807, 2.05) is 0 Å². The van der Waals surface area contributed by atoms with Crippen molar-refractivity contribution in [1.29, 1.82) is 0 Å². The summed E-state index contributed by atoms with van der Waals surface area (Å²) >= 11 is 37.8. The van der Waals surface area contributed by atoms with E-state index in [-0.39, 0.29) is 54.2 Å². The van der Waals surface area contributed by atoms with Crippen molar-refractivity contribution < 1.29 is 38.1 Å². The average Bonchev–Trinajstić information content (AvgIpc) is 3.71. The summed E-state index contributed by atoms with van der Waals surface area (Å²) in [5.41, 5.74) is -1.23. The molecule has 2 aromatic rings. The minimum atomic E-state index is -1.63. The number of benzene rings is 2. The van der Waals surface area contributed by atoms with Crippen LogP contribution in [0.3, 0.4) is 0 Å². The number of carbonyl (C=O) groups excluding carboxylic acids is 4. The van der Waals surface area contributed by atoms with Crippen molar-refractivity contribution in [3.05, 3.63) is 53.4 Å². The van der Waals surface area contributed by atoms with Crippen LogP contribution in [0.15, 0.2) is 12.1 Å². The van der Waals surface area contributed by atoms with Crippen LogP contribution in [0, 0.1) is 10.8 Å². The number of halogens is 6. The maximum Gasteiger partial charge on any atom is 0.423 e. The third-order valence-corrected chi connectivity index (χ3v) is 11.3. The topological polar surface area (TPSA) is 105 Å². The molecule has 0 atom stereocenters. The van der Waals surface area contributed by atoms with E-state index in [2.05, 4.69) is 13.8 Å². The van der Waals surface area contributed by atoms with Gasteiger partial charge in [0.15, 0.2) is 11.5 Å². The van der Waals surface area contributed by atoms with Crippen LogP contribution in [0.25, 0.3) is 0 Å². The van der Waals surface area contributed by atoms with Crippen LogP contribution >= 0.6 is 69.6 Å². The Morgan fingerprint density at radius 1 is 0.583 bits per heavy atom. The lowest BCUT2D eigenvalue weighted by Gasteiger charge is -2.28. The van der Waals surface area contributed by atoms with Crippen LogP contribution in [0.2, 0.25) is 30.1 Å². The highest BCUT2D eigenvalue weighted by Crippen LogP contribution is 2.46. The lowest BCUT2D eigenvalue weighted by molar-refractivity contribution is -0.156. The van der Waals surface area contributed by atoms with Gasteiger partial charge in [-0.3, -0.25) is 0 Å². The highest BCUT2D eigenvalue weighted by molar-refractivity contribution is 6.47. The molecule has 2 aromatic carbocycles. The van der Waals surface area contributed by atoms with Gasteiger partial charge in [-0.05, 0) is 50.7 Å². The summed E-state index contributed by atoms with van der Waals surface area (Å²) < 4.78 is 21.8. The third kappa shape index (κ3) is 8.85. The molecule has 4 rings (SSSR count). The average molecular weight is 785 g/mol. The summed E-state index contributed by atoms with van der Waals surface area (Å²) in [5.74, 6) is -6.26. The lowest BCUT2D eigenvalue weighted by Crippen LogP contribution is -2.29. The molecule has 0 heterocycles. The van der Waals surface area contributed by atoms with E-state index >= 15 is 0 Å². The Hall–Kier alpha value is -1.94. The summed E-state index contributed by atoms with van der Waals surface area (Å²) in [7, 11) is 0. The van der Waals surface area contributed by atoms with Crippen LogP contribution < -0.4 is 9.47 Å². The molecule has 8 nitrogen and oxygen atoms in total. The van der Waals surface area contributed by atoms with E-state index in [0.717, 1.165) is 89.2 Å². The molecular formula is C34H36Cl6O8. The van der Waals surface area contributed by atoms with Crippen LogP contribution in [0.4, 0.5) is 0 Å². The van der Waals surface area contributed by atoms with Gasteiger partial charge in [0.1, 0.15) is 11.1 Å². The summed E-state index contributed by atoms with van der Waals surface area (Å²) in [6.45, 7) is 4.35. The molecule has 2 aliphatic rings. The number of ether oxygens (including phenoxy) is 4. The minimum Gasteiger partial charge on any atom is -0.461 e. The Balaban J connectivity index is 1.56. The van der Waals surface area contributed by atoms with Crippen LogP contribution in [-0.2, 0) is 19.1 Å². The SMILES string of the molecule is CCCC1(COC(=O)c2c(Cl)c(Cl)cc(Cl)c2OC(=O)C(=O)Oc2c(Cl)cc(Cl)c(Cl)c2C(=O)OCC2(CCC)CCCC2)CCCC1. The van der Waals surface area contributed by atoms with E-state index in [1.54, 1.807) is 0 Å². The summed E-state index contributed by atoms with van der Waals surface area (Å²) in [5, 5.41) is -1.40. The molecule has 14 heteroatoms. The molecule has 0 aromatic heterocycles. The van der Waals surface area contributed by atoms with Crippen molar-refractivity contribution in [2.24, 2.45) is 10.8 Å². The minimum absolute atomic E-state index is 0.107. The van der Waals surface area contributed by atoms with E-state index in [0.29, 0.717) is 0 Å². The first-order chi connectivity index (χ1) is 22.8. The molecule has 0 bridgehead atoms. The molecule has 0 radical (unpaired) electrons. The van der Waals surface area contributed by atoms with Crippen molar-refractivity contribution in [3.63, 3.8) is 0 Å². The normalized spacial score (nSPS) is 16.4. The number of rotatable bonds is 12. The predicted octanol–water partition coefficient (Wildman–Crippen LogP) is 11.2. The van der Waals surface area contributed by atoms with Gasteiger partial charge >= 0.3 is 23.9 Å². The van der Waals surface area contributed by atoms with Crippen LogP contribution in [0.1, 0.15) is 112 Å². The molecule has 0 saturated heterocycles. The van der Waals surface area contributed by atoms with Gasteiger partial charge in [0.25, 0.3) is 0 Å². The first-order valence-corrected chi connectivity index (χ1v) is 18.2. The van der Waals surface area contributed by atoms with E-state index < -0.39 is 46.5 Å². The zero-order valence-corrected chi connectivity index (χ0v) is 31.1. The molecule has 0 unspecified atom stereocenters. The fourth-order valence-electron chi connectivity index (χ4n) is 6.82. The van der Waals surface area contributed by atoms with Gasteiger partial charge in [-0.25, -0.2) is 19.2 Å². The fraction of sp³-hybridized carbons (Fsp3) is 0.529. The second kappa shape index (κ2) is 16.8. The molecule has 2 fully saturated rings. The number of hydrogen-bond acceptors (Lipinski definition) is 8. The first kappa shape index (κ1) is 38.9. The number of hydrogen-bond donors (Lipinski definition) is 0. The predicted molar refractivity (Wildman–Crippen MR) is 186 cm³/mol. The lowest BCUT2D eigenvalue weighted by atomic mass is 9.82. The van der Waals surface area contributed by atoms with Gasteiger partial charge in [-0.2, -0.15) is 0 Å². The Morgan fingerprint density at radius 3 is 1.23 bits per heavy atom. The molecule has 0 aliphatic heterocycles. The second-order valence-corrected chi connectivity index (χ2v) is 14.9. The van der Waals surface area contributed by atoms with Gasteiger partial charge in [-0.15, -0.1) is 0 Å². The third-order valence-electron chi connectivity index (χ3n) is 9.13. The van der Waals surface area contributed by atoms with E-state index in [4.69, 9.17) is 88.6 Å². The maximum absolute atomic E-state index is 13.4. The molecule has 2 aliphatic carbocycles. The smallest absolute Gasteiger partial charge is 0.423 e. The van der Waals surface area contributed by atoms with Gasteiger partial charge in [0.05, 0.1) is 43.3 Å². The van der Waals surface area contributed by atoms with Crippen molar-refractivity contribution in [1.82, 2.24) is 0 Å². The molecule has 0 N–H and O–H groups in total. The quantitative estimate of drug-likeness (QED) is 0.0906. The number of esters is 4. The monoisotopic (exact) mass is 782 g/mol. The summed E-state index contributed by atoms with van der Waals surface area (Å²) in [4.78, 5) is 52.9. The molecule has 0 spiro atoms. The Morgan fingerprint density at radius 2 is 0.917 bits per heavy atom. The van der Waals surface area contributed by atoms with Gasteiger partial charge in [0, 0.05) is 10.8 Å².